The molecule has 4 N–H and O–H groups in total. The molecule has 1 atom stereocenters. The summed E-state index contributed by atoms with van der Waals surface area (Å²) in [5.74, 6) is 1.47. The Morgan fingerprint density at radius 3 is 2.29 bits per heavy atom. The molecule has 0 amide bonds. The lowest BCUT2D eigenvalue weighted by Gasteiger charge is -2.12. The second-order valence-electron chi connectivity index (χ2n) is 6.64. The Morgan fingerprint density at radius 1 is 0.903 bits per heavy atom. The lowest BCUT2D eigenvalue weighted by molar-refractivity contribution is 0.827. The summed E-state index contributed by atoms with van der Waals surface area (Å²) in [6.45, 7) is 0. The van der Waals surface area contributed by atoms with Crippen LogP contribution >= 0.6 is 71.3 Å². The van der Waals surface area contributed by atoms with Crippen LogP contribution in [0, 0.1) is 0 Å². The Kier molecular flexibility index (Phi) is 9.77. The molecule has 0 bridgehead atoms. The highest BCUT2D eigenvalue weighted by Gasteiger charge is 2.10. The van der Waals surface area contributed by atoms with Gasteiger partial charge >= 0.3 is 0 Å². The highest BCUT2D eigenvalue weighted by atomic mass is 79.9. The minimum absolute atomic E-state index is 0.0981. The van der Waals surface area contributed by atoms with Crippen molar-refractivity contribution in [2.24, 2.45) is 21.5 Å². The molecule has 31 heavy (non-hydrogen) atoms. The first-order valence-corrected chi connectivity index (χ1v) is 13.7. The molecule has 2 aromatic rings. The molecule has 0 radical (unpaired) electrons. The van der Waals surface area contributed by atoms with Gasteiger partial charge in [-0.25, -0.2) is 4.99 Å². The molecule has 0 aromatic heterocycles. The Balaban J connectivity index is 1.61. The largest absolute Gasteiger partial charge is 0.379 e. The van der Waals surface area contributed by atoms with Gasteiger partial charge in [0, 0.05) is 24.9 Å². The van der Waals surface area contributed by atoms with Gasteiger partial charge in [0.15, 0.2) is 10.3 Å². The van der Waals surface area contributed by atoms with Crippen LogP contribution in [0.1, 0.15) is 17.5 Å². The molecule has 0 spiro atoms. The molecule has 2 aromatic carbocycles. The van der Waals surface area contributed by atoms with E-state index in [1.807, 2.05) is 36.4 Å². The fraction of sp³-hybridized carbons (Fsp3) is 0.182. The second kappa shape index (κ2) is 12.3. The van der Waals surface area contributed by atoms with E-state index < -0.39 is 0 Å². The highest BCUT2D eigenvalue weighted by Crippen LogP contribution is 2.26. The summed E-state index contributed by atoms with van der Waals surface area (Å²) in [5, 5.41) is 1.13. The first-order chi connectivity index (χ1) is 14.9. The van der Waals surface area contributed by atoms with Crippen LogP contribution in [0.4, 0.5) is 5.69 Å². The maximum atomic E-state index is 6.18. The lowest BCUT2D eigenvalue weighted by Crippen LogP contribution is -2.13. The van der Waals surface area contributed by atoms with Crippen molar-refractivity contribution < 1.29 is 0 Å². The van der Waals surface area contributed by atoms with E-state index >= 15 is 0 Å². The zero-order valence-corrected chi connectivity index (χ0v) is 22.9. The van der Waals surface area contributed by atoms with E-state index in [2.05, 4.69) is 82.1 Å². The standard InChI is InChI=1S/C22H21Br3N4S2/c23-16-3-7-19(8-4-16)28-21(26)30-12-14-1-2-18(25)11-15(14)13-31-22(27)29-20-9-5-17(24)6-10-20/h1-9,11,20H,10,12-13H2,(H2,26,28)(H2,27,29). The summed E-state index contributed by atoms with van der Waals surface area (Å²) in [6.07, 6.45) is 7.04. The number of thioether (sulfide) groups is 2. The van der Waals surface area contributed by atoms with Crippen LogP contribution in [0.5, 0.6) is 0 Å². The van der Waals surface area contributed by atoms with Crippen molar-refractivity contribution in [3.63, 3.8) is 0 Å². The summed E-state index contributed by atoms with van der Waals surface area (Å²) in [7, 11) is 0. The predicted octanol–water partition coefficient (Wildman–Crippen LogP) is 7.25. The lowest BCUT2D eigenvalue weighted by atomic mass is 10.1. The van der Waals surface area contributed by atoms with Gasteiger partial charge in [0.05, 0.1) is 11.7 Å². The van der Waals surface area contributed by atoms with Crippen molar-refractivity contribution >= 4 is 87.3 Å². The van der Waals surface area contributed by atoms with Crippen molar-refractivity contribution in [2.45, 2.75) is 24.0 Å². The van der Waals surface area contributed by atoms with E-state index in [9.17, 15) is 0 Å². The van der Waals surface area contributed by atoms with E-state index in [1.54, 1.807) is 11.8 Å². The van der Waals surface area contributed by atoms with Gasteiger partial charge in [-0.2, -0.15) is 0 Å². The van der Waals surface area contributed by atoms with Crippen molar-refractivity contribution in [3.05, 3.63) is 85.2 Å². The summed E-state index contributed by atoms with van der Waals surface area (Å²) < 4.78 is 3.14. The molecule has 0 aliphatic heterocycles. The third-order valence-corrected chi connectivity index (χ3v) is 7.62. The van der Waals surface area contributed by atoms with Crippen LogP contribution in [0.2, 0.25) is 0 Å². The van der Waals surface area contributed by atoms with Crippen LogP contribution in [0.3, 0.4) is 0 Å². The van der Waals surface area contributed by atoms with Gasteiger partial charge in [-0.3, -0.25) is 4.99 Å². The van der Waals surface area contributed by atoms with Gasteiger partial charge in [-0.15, -0.1) is 0 Å². The zero-order chi connectivity index (χ0) is 22.2. The monoisotopic (exact) mass is 642 g/mol. The Labute approximate surface area is 216 Å². The van der Waals surface area contributed by atoms with Crippen LogP contribution < -0.4 is 11.5 Å². The summed E-state index contributed by atoms with van der Waals surface area (Å²) in [4.78, 5) is 9.09. The third-order valence-electron chi connectivity index (χ3n) is 4.31. The molecule has 1 unspecified atom stereocenters. The normalized spacial score (nSPS) is 17.0. The molecule has 0 saturated heterocycles. The molecule has 9 heteroatoms. The first-order valence-electron chi connectivity index (χ1n) is 9.39. The number of halogens is 3. The van der Waals surface area contributed by atoms with Gasteiger partial charge in [-0.05, 0) is 53.9 Å². The number of allylic oxidation sites excluding steroid dienone is 2. The van der Waals surface area contributed by atoms with E-state index in [-0.39, 0.29) is 6.04 Å². The Hall–Kier alpha value is -1.000. The van der Waals surface area contributed by atoms with Gasteiger partial charge in [0.1, 0.15) is 0 Å². The van der Waals surface area contributed by atoms with Gasteiger partial charge in [0.2, 0.25) is 0 Å². The number of hydrogen-bond acceptors (Lipinski definition) is 4. The molecule has 3 rings (SSSR count). The first kappa shape index (κ1) is 24.6. The molecule has 1 aliphatic carbocycles. The molecule has 4 nitrogen and oxygen atoms in total. The topological polar surface area (TPSA) is 76.8 Å². The van der Waals surface area contributed by atoms with Crippen molar-refractivity contribution in [3.8, 4) is 0 Å². The second-order valence-corrected chi connectivity index (χ2v) is 11.4. The molecular weight excluding hydrogens is 624 g/mol. The smallest absolute Gasteiger partial charge is 0.159 e. The SMILES string of the molecule is N/C(=N\c1ccc(Br)cc1)SCc1ccc(Br)cc1CS/C(N)=N/C1C=CC(Br)=CC1. The van der Waals surface area contributed by atoms with E-state index in [0.717, 1.165) is 37.0 Å². The number of rotatable bonds is 6. The minimum atomic E-state index is 0.0981. The van der Waals surface area contributed by atoms with E-state index in [1.165, 1.54) is 22.9 Å². The molecule has 0 heterocycles. The maximum absolute atomic E-state index is 6.18. The summed E-state index contributed by atoms with van der Waals surface area (Å²) in [5.41, 5.74) is 15.6. The number of nitrogens with two attached hydrogens (primary N) is 2. The maximum Gasteiger partial charge on any atom is 0.159 e. The van der Waals surface area contributed by atoms with Crippen molar-refractivity contribution in [1.29, 1.82) is 0 Å². The Morgan fingerprint density at radius 2 is 1.58 bits per heavy atom. The van der Waals surface area contributed by atoms with Gasteiger partial charge in [0.25, 0.3) is 0 Å². The number of aliphatic imine (C=N–C) groups is 2. The fourth-order valence-corrected chi connectivity index (χ4v) is 5.28. The highest BCUT2D eigenvalue weighted by molar-refractivity contribution is 9.12. The average Bonchev–Trinajstić information content (AvgIpc) is 2.75. The van der Waals surface area contributed by atoms with Gasteiger partial charge < -0.3 is 11.5 Å². The fourth-order valence-electron chi connectivity index (χ4n) is 2.73. The quantitative estimate of drug-likeness (QED) is 0.257. The van der Waals surface area contributed by atoms with Crippen LogP contribution in [0.25, 0.3) is 0 Å². The minimum Gasteiger partial charge on any atom is -0.379 e. The number of benzene rings is 2. The molecule has 1 aliphatic rings. The van der Waals surface area contributed by atoms with Crippen molar-refractivity contribution in [1.82, 2.24) is 0 Å². The predicted molar refractivity (Wildman–Crippen MR) is 148 cm³/mol. The third kappa shape index (κ3) is 8.46. The molecule has 0 saturated carbocycles. The summed E-state index contributed by atoms with van der Waals surface area (Å²) in [6, 6.07) is 14.1. The number of nitrogens with zero attached hydrogens (tertiary/aromatic N) is 2. The van der Waals surface area contributed by atoms with Crippen LogP contribution in [-0.2, 0) is 11.5 Å². The van der Waals surface area contributed by atoms with Crippen molar-refractivity contribution in [2.75, 3.05) is 0 Å². The summed E-state index contributed by atoms with van der Waals surface area (Å²) >= 11 is 13.5. The Bertz CT molecular complexity index is 1030. The van der Waals surface area contributed by atoms with Crippen LogP contribution in [0.15, 0.2) is 84.1 Å². The number of amidine groups is 2. The van der Waals surface area contributed by atoms with E-state index in [4.69, 9.17) is 11.5 Å². The van der Waals surface area contributed by atoms with Crippen LogP contribution in [-0.4, -0.2) is 16.4 Å². The molecular formula is C22H21Br3N4S2. The average molecular weight is 645 g/mol. The van der Waals surface area contributed by atoms with E-state index in [0.29, 0.717) is 10.3 Å². The number of hydrogen-bond donors (Lipinski definition) is 2. The van der Waals surface area contributed by atoms with Gasteiger partial charge in [-0.1, -0.05) is 95.6 Å². The molecule has 162 valence electrons. The molecule has 0 fully saturated rings. The zero-order valence-electron chi connectivity index (χ0n) is 16.5.